The van der Waals surface area contributed by atoms with Crippen molar-refractivity contribution in [2.24, 2.45) is 11.8 Å². The smallest absolute Gasteiger partial charge is 0.309 e. The van der Waals surface area contributed by atoms with Crippen molar-refractivity contribution in [1.82, 2.24) is 0 Å². The van der Waals surface area contributed by atoms with Crippen LogP contribution in [0.1, 0.15) is 101 Å². The first-order valence-corrected chi connectivity index (χ1v) is 12.5. The molecule has 1 aromatic carbocycles. The van der Waals surface area contributed by atoms with E-state index in [1.165, 1.54) is 43.2 Å². The normalized spacial score (nSPS) is 26.5. The van der Waals surface area contributed by atoms with Crippen LogP contribution in [-0.4, -0.2) is 12.1 Å². The molecule has 2 fully saturated rings. The number of nitrogens with zero attached hydrogens (tertiary/aromatic N) is 1. The average Bonchev–Trinajstić information content (AvgIpc) is 2.82. The molecular weight excluding hydrogens is 382 g/mol. The molecule has 0 N–H and O–H groups in total. The van der Waals surface area contributed by atoms with Gasteiger partial charge in [-0.05, 0) is 87.2 Å². The van der Waals surface area contributed by atoms with Crippen LogP contribution in [0, 0.1) is 23.2 Å². The third-order valence-electron chi connectivity index (χ3n) is 7.28. The van der Waals surface area contributed by atoms with E-state index in [1.807, 2.05) is 6.08 Å². The molecule has 0 atom stereocenters. The maximum Gasteiger partial charge on any atom is 0.309 e. The SMILES string of the molecule is CCCCCCc1ccc(C2CCC(OC(=O)C3CCC(C=CC#N)CC3)CC2)cc1. The zero-order valence-electron chi connectivity index (χ0n) is 19.2. The number of carbonyl (C=O) groups is 1. The molecule has 0 saturated heterocycles. The molecule has 0 amide bonds. The van der Waals surface area contributed by atoms with Crippen LogP contribution >= 0.6 is 0 Å². The Morgan fingerprint density at radius 3 is 2.35 bits per heavy atom. The van der Waals surface area contributed by atoms with Gasteiger partial charge in [-0.3, -0.25) is 4.79 Å². The van der Waals surface area contributed by atoms with Crippen LogP contribution in [0.2, 0.25) is 0 Å². The van der Waals surface area contributed by atoms with E-state index in [1.54, 1.807) is 6.08 Å². The lowest BCUT2D eigenvalue weighted by Crippen LogP contribution is -2.29. The number of hydrogen-bond acceptors (Lipinski definition) is 3. The van der Waals surface area contributed by atoms with Gasteiger partial charge in [0.15, 0.2) is 0 Å². The molecule has 0 bridgehead atoms. The molecule has 1 aromatic rings. The van der Waals surface area contributed by atoms with E-state index in [9.17, 15) is 4.79 Å². The first-order chi connectivity index (χ1) is 15.2. The zero-order valence-corrected chi connectivity index (χ0v) is 19.2. The van der Waals surface area contributed by atoms with E-state index >= 15 is 0 Å². The lowest BCUT2D eigenvalue weighted by molar-refractivity contribution is -0.157. The predicted octanol–water partition coefficient (Wildman–Crippen LogP) is 7.26. The van der Waals surface area contributed by atoms with Gasteiger partial charge in [-0.2, -0.15) is 5.26 Å². The molecule has 3 heteroatoms. The number of hydrogen-bond donors (Lipinski definition) is 0. The molecule has 3 nitrogen and oxygen atoms in total. The number of esters is 1. The Hall–Kier alpha value is -2.08. The van der Waals surface area contributed by atoms with E-state index in [0.717, 1.165) is 51.4 Å². The minimum atomic E-state index is 0.0126. The number of allylic oxidation sites excluding steroid dienone is 2. The van der Waals surface area contributed by atoms with Crippen LogP contribution in [0.15, 0.2) is 36.4 Å². The number of ether oxygens (including phenoxy) is 1. The first-order valence-electron chi connectivity index (χ1n) is 12.5. The van der Waals surface area contributed by atoms with Gasteiger partial charge in [0.05, 0.1) is 12.0 Å². The van der Waals surface area contributed by atoms with Crippen molar-refractivity contribution in [3.05, 3.63) is 47.5 Å². The quantitative estimate of drug-likeness (QED) is 0.239. The lowest BCUT2D eigenvalue weighted by Gasteiger charge is -2.31. The van der Waals surface area contributed by atoms with Gasteiger partial charge >= 0.3 is 5.97 Å². The Labute approximate surface area is 188 Å². The summed E-state index contributed by atoms with van der Waals surface area (Å²) in [5.41, 5.74) is 2.91. The molecule has 2 aliphatic rings. The molecule has 3 rings (SSSR count). The maximum absolute atomic E-state index is 12.6. The molecule has 0 unspecified atom stereocenters. The molecule has 0 radical (unpaired) electrons. The monoisotopic (exact) mass is 421 g/mol. The molecule has 0 spiro atoms. The first kappa shape index (κ1) is 23.6. The number of aryl methyl sites for hydroxylation is 1. The minimum Gasteiger partial charge on any atom is -0.462 e. The molecule has 2 aliphatic carbocycles. The van der Waals surface area contributed by atoms with Crippen molar-refractivity contribution in [3.63, 3.8) is 0 Å². The minimum absolute atomic E-state index is 0.0126. The van der Waals surface area contributed by atoms with Gasteiger partial charge in [0, 0.05) is 6.08 Å². The molecule has 0 heterocycles. The average molecular weight is 422 g/mol. The Morgan fingerprint density at radius 2 is 1.71 bits per heavy atom. The van der Waals surface area contributed by atoms with Crippen LogP contribution in [0.4, 0.5) is 0 Å². The largest absolute Gasteiger partial charge is 0.462 e. The predicted molar refractivity (Wildman–Crippen MR) is 126 cm³/mol. The van der Waals surface area contributed by atoms with Crippen molar-refractivity contribution < 1.29 is 9.53 Å². The summed E-state index contributed by atoms with van der Waals surface area (Å²) >= 11 is 0. The van der Waals surface area contributed by atoms with Crippen molar-refractivity contribution in [2.45, 2.75) is 102 Å². The van der Waals surface area contributed by atoms with Crippen molar-refractivity contribution in [1.29, 1.82) is 5.26 Å². The van der Waals surface area contributed by atoms with Crippen LogP contribution in [0.3, 0.4) is 0 Å². The third-order valence-corrected chi connectivity index (χ3v) is 7.28. The van der Waals surface area contributed by atoms with Gasteiger partial charge in [-0.15, -0.1) is 0 Å². The summed E-state index contributed by atoms with van der Waals surface area (Å²) in [7, 11) is 0. The highest BCUT2D eigenvalue weighted by atomic mass is 16.5. The van der Waals surface area contributed by atoms with Gasteiger partial charge in [0.2, 0.25) is 0 Å². The zero-order chi connectivity index (χ0) is 21.9. The summed E-state index contributed by atoms with van der Waals surface area (Å²) in [5.74, 6) is 1.11. The standard InChI is InChI=1S/C28H39NO2/c1-2-3-4-5-7-22-9-13-24(14-10-22)25-17-19-27(20-18-25)31-28(30)26-15-11-23(12-16-26)8-6-21-29/h6,8-10,13-14,23,25-27H,2-5,7,11-12,15-20H2,1H3. The number of benzene rings is 1. The van der Waals surface area contributed by atoms with Gasteiger partial charge in [-0.1, -0.05) is 56.5 Å². The Kier molecular flexibility index (Phi) is 9.66. The molecule has 0 aromatic heterocycles. The van der Waals surface area contributed by atoms with Gasteiger partial charge in [-0.25, -0.2) is 0 Å². The van der Waals surface area contributed by atoms with Crippen LogP contribution in [0.5, 0.6) is 0 Å². The fourth-order valence-corrected chi connectivity index (χ4v) is 5.21. The summed E-state index contributed by atoms with van der Waals surface area (Å²) in [5, 5.41) is 8.66. The highest BCUT2D eigenvalue weighted by Crippen LogP contribution is 2.36. The second kappa shape index (κ2) is 12.7. The Morgan fingerprint density at radius 1 is 1.00 bits per heavy atom. The summed E-state index contributed by atoms with van der Waals surface area (Å²) < 4.78 is 5.91. The molecule has 31 heavy (non-hydrogen) atoms. The summed E-state index contributed by atoms with van der Waals surface area (Å²) in [6.07, 6.45) is 18.0. The molecular formula is C28H39NO2. The number of carbonyl (C=O) groups excluding carboxylic acids is 1. The fraction of sp³-hybridized carbons (Fsp3) is 0.643. The molecule has 0 aliphatic heterocycles. The van der Waals surface area contributed by atoms with Gasteiger partial charge in [0.1, 0.15) is 6.10 Å². The Balaban J connectivity index is 1.37. The molecule has 2 saturated carbocycles. The van der Waals surface area contributed by atoms with Gasteiger partial charge in [0.25, 0.3) is 0 Å². The molecule has 168 valence electrons. The topological polar surface area (TPSA) is 50.1 Å². The van der Waals surface area contributed by atoms with Gasteiger partial charge < -0.3 is 4.74 Å². The van der Waals surface area contributed by atoms with Crippen LogP contribution in [-0.2, 0) is 16.0 Å². The van der Waals surface area contributed by atoms with Crippen molar-refractivity contribution >= 4 is 5.97 Å². The number of rotatable bonds is 9. The fourth-order valence-electron chi connectivity index (χ4n) is 5.21. The number of unbranched alkanes of at least 4 members (excludes halogenated alkanes) is 3. The van der Waals surface area contributed by atoms with E-state index in [4.69, 9.17) is 10.00 Å². The van der Waals surface area contributed by atoms with Crippen molar-refractivity contribution in [2.75, 3.05) is 0 Å². The third kappa shape index (κ3) is 7.53. The Bertz CT molecular complexity index is 729. The number of nitriles is 1. The highest BCUT2D eigenvalue weighted by Gasteiger charge is 2.30. The lowest BCUT2D eigenvalue weighted by atomic mass is 9.81. The van der Waals surface area contributed by atoms with E-state index in [2.05, 4.69) is 37.3 Å². The van der Waals surface area contributed by atoms with Crippen LogP contribution < -0.4 is 0 Å². The van der Waals surface area contributed by atoms with Crippen molar-refractivity contribution in [3.8, 4) is 6.07 Å². The van der Waals surface area contributed by atoms with Crippen LogP contribution in [0.25, 0.3) is 0 Å². The summed E-state index contributed by atoms with van der Waals surface area (Å²) in [6.45, 7) is 2.26. The van der Waals surface area contributed by atoms with E-state index < -0.39 is 0 Å². The summed E-state index contributed by atoms with van der Waals surface area (Å²) in [6, 6.07) is 11.3. The van der Waals surface area contributed by atoms with E-state index in [-0.39, 0.29) is 18.0 Å². The maximum atomic E-state index is 12.6. The summed E-state index contributed by atoms with van der Waals surface area (Å²) in [4.78, 5) is 12.6. The van der Waals surface area contributed by atoms with E-state index in [0.29, 0.717) is 11.8 Å². The second-order valence-corrected chi connectivity index (χ2v) is 9.56. The highest BCUT2D eigenvalue weighted by molar-refractivity contribution is 5.72. The second-order valence-electron chi connectivity index (χ2n) is 9.56.